The van der Waals surface area contributed by atoms with E-state index in [4.69, 9.17) is 10.4 Å². The van der Waals surface area contributed by atoms with Crippen molar-refractivity contribution < 1.29 is 9.46 Å². The maximum atomic E-state index is 11.1. The molecule has 11 heteroatoms. The van der Waals surface area contributed by atoms with Crippen molar-refractivity contribution in [1.29, 1.82) is 0 Å². The average Bonchev–Trinajstić information content (AvgIpc) is 3.05. The number of tetrazole rings is 1. The first-order valence-electron chi connectivity index (χ1n) is 6.66. The van der Waals surface area contributed by atoms with Crippen LogP contribution < -0.4 is 10.8 Å². The van der Waals surface area contributed by atoms with Crippen LogP contribution in [0.5, 0.6) is 0 Å². The highest BCUT2D eigenvalue weighted by atomic mass is 31.2. The molecule has 2 aromatic heterocycles. The van der Waals surface area contributed by atoms with E-state index in [2.05, 4.69) is 30.9 Å². The van der Waals surface area contributed by atoms with Gasteiger partial charge in [-0.25, -0.2) is 4.98 Å². The first-order valence-corrected chi connectivity index (χ1v) is 8.58. The van der Waals surface area contributed by atoms with Crippen LogP contribution >= 0.6 is 7.52 Å². The summed E-state index contributed by atoms with van der Waals surface area (Å²) in [5.74, 6) is 1.61. The van der Waals surface area contributed by atoms with Gasteiger partial charge in [-0.3, -0.25) is 10.1 Å². The van der Waals surface area contributed by atoms with Crippen molar-refractivity contribution in [3.05, 3.63) is 6.20 Å². The highest BCUT2D eigenvalue weighted by Gasteiger charge is 2.22. The van der Waals surface area contributed by atoms with Crippen LogP contribution in [0.15, 0.2) is 6.20 Å². The van der Waals surface area contributed by atoms with Gasteiger partial charge in [0.2, 0.25) is 11.8 Å². The highest BCUT2D eigenvalue weighted by Crippen LogP contribution is 2.32. The Bertz CT molecular complexity index is 648. The van der Waals surface area contributed by atoms with Crippen LogP contribution in [-0.4, -0.2) is 47.8 Å². The fourth-order valence-electron chi connectivity index (χ4n) is 2.45. The number of fused-ring (bicyclic) bond motifs is 1. The standard InChI is InChI=1S/C10H17N8O2P/c11-21(19,20)3-1-2-7-4-12-10-13-8(6-18(10)5-7)9-14-16-17-15-9/h6-7H,1-5H2,(H,12,13)(H3,11,19,20)(H,14,15,16,17). The van der Waals surface area contributed by atoms with Crippen molar-refractivity contribution >= 4 is 13.5 Å². The zero-order chi connectivity index (χ0) is 14.9. The first-order chi connectivity index (χ1) is 10.0. The summed E-state index contributed by atoms with van der Waals surface area (Å²) < 4.78 is 13.1. The van der Waals surface area contributed by atoms with Crippen molar-refractivity contribution in [2.75, 3.05) is 18.0 Å². The number of nitrogens with one attached hydrogen (secondary N) is 2. The van der Waals surface area contributed by atoms with Gasteiger partial charge in [0, 0.05) is 25.4 Å². The number of nitrogens with zero attached hydrogens (tertiary/aromatic N) is 5. The molecule has 10 nitrogen and oxygen atoms in total. The number of rotatable bonds is 5. The molecular formula is C10H17N8O2P. The molecule has 2 aromatic rings. The van der Waals surface area contributed by atoms with Crippen LogP contribution in [0, 0.1) is 5.92 Å². The van der Waals surface area contributed by atoms with Gasteiger partial charge >= 0.3 is 0 Å². The van der Waals surface area contributed by atoms with Crippen molar-refractivity contribution in [3.8, 4) is 11.5 Å². The van der Waals surface area contributed by atoms with Gasteiger partial charge in [0.15, 0.2) is 0 Å². The van der Waals surface area contributed by atoms with E-state index in [0.717, 1.165) is 25.5 Å². The number of aromatic amines is 1. The van der Waals surface area contributed by atoms with E-state index in [9.17, 15) is 4.57 Å². The summed E-state index contributed by atoms with van der Waals surface area (Å²) in [7, 11) is -3.39. The van der Waals surface area contributed by atoms with Crippen LogP contribution in [0.25, 0.3) is 11.5 Å². The SMILES string of the molecule is NP(=O)(O)CCCC1CNc2nc(-c3nn[nH]n3)cn2C1. The van der Waals surface area contributed by atoms with Gasteiger partial charge in [0.1, 0.15) is 5.69 Å². The third kappa shape index (κ3) is 3.46. The maximum absolute atomic E-state index is 11.1. The van der Waals surface area contributed by atoms with Gasteiger partial charge in [-0.1, -0.05) is 0 Å². The maximum Gasteiger partial charge on any atom is 0.264 e. The zero-order valence-electron chi connectivity index (χ0n) is 11.3. The molecule has 1 aliphatic rings. The number of imidazole rings is 1. The number of hydrogen-bond acceptors (Lipinski definition) is 6. The van der Waals surface area contributed by atoms with Gasteiger partial charge in [-0.15, -0.1) is 10.2 Å². The fourth-order valence-corrected chi connectivity index (χ4v) is 3.09. The Kier molecular flexibility index (Phi) is 3.75. The number of aromatic nitrogens is 6. The molecule has 0 saturated heterocycles. The second-order valence-corrected chi connectivity index (χ2v) is 7.16. The highest BCUT2D eigenvalue weighted by molar-refractivity contribution is 7.55. The van der Waals surface area contributed by atoms with E-state index in [1.165, 1.54) is 0 Å². The topological polar surface area (TPSA) is 148 Å². The molecular weight excluding hydrogens is 295 g/mol. The first kappa shape index (κ1) is 14.2. The number of anilines is 1. The summed E-state index contributed by atoms with van der Waals surface area (Å²) in [6.07, 6.45) is 3.51. The van der Waals surface area contributed by atoms with E-state index in [0.29, 0.717) is 23.9 Å². The Morgan fingerprint density at radius 3 is 3.14 bits per heavy atom. The molecule has 5 N–H and O–H groups in total. The van der Waals surface area contributed by atoms with Gasteiger partial charge in [-0.05, 0) is 24.0 Å². The molecule has 3 rings (SSSR count). The molecule has 1 aliphatic heterocycles. The summed E-state index contributed by atoms with van der Waals surface area (Å²) in [6.45, 7) is 1.58. The number of nitrogens with two attached hydrogens (primary N) is 1. The Morgan fingerprint density at radius 2 is 2.43 bits per heavy atom. The number of H-pyrrole nitrogens is 1. The molecule has 0 bridgehead atoms. The smallest absolute Gasteiger partial charge is 0.264 e. The van der Waals surface area contributed by atoms with E-state index in [1.807, 2.05) is 10.8 Å². The molecule has 0 amide bonds. The largest absolute Gasteiger partial charge is 0.355 e. The van der Waals surface area contributed by atoms with Gasteiger partial charge in [0.05, 0.1) is 0 Å². The Morgan fingerprint density at radius 1 is 1.57 bits per heavy atom. The molecule has 0 spiro atoms. The van der Waals surface area contributed by atoms with Gasteiger partial charge in [0.25, 0.3) is 7.52 Å². The Hall–Kier alpha value is -1.77. The van der Waals surface area contributed by atoms with Crippen LogP contribution in [0.2, 0.25) is 0 Å². The summed E-state index contributed by atoms with van der Waals surface area (Å²) in [5.41, 5.74) is 5.80. The van der Waals surface area contributed by atoms with Crippen molar-refractivity contribution in [3.63, 3.8) is 0 Å². The molecule has 2 atom stereocenters. The lowest BCUT2D eigenvalue weighted by atomic mass is 10.0. The summed E-state index contributed by atoms with van der Waals surface area (Å²) in [4.78, 5) is 13.5. The summed E-state index contributed by atoms with van der Waals surface area (Å²) in [5, 5.41) is 17.0. The molecule has 0 saturated carbocycles. The fraction of sp³-hybridized carbons (Fsp3) is 0.600. The predicted octanol–water partition coefficient (Wildman–Crippen LogP) is 0.0292. The van der Waals surface area contributed by atoms with Gasteiger partial charge in [-0.2, -0.15) is 5.21 Å². The molecule has 2 unspecified atom stereocenters. The molecule has 114 valence electrons. The van der Waals surface area contributed by atoms with Crippen molar-refractivity contribution in [1.82, 2.24) is 30.2 Å². The molecule has 0 aromatic carbocycles. The van der Waals surface area contributed by atoms with Crippen molar-refractivity contribution in [2.24, 2.45) is 11.4 Å². The third-order valence-electron chi connectivity index (χ3n) is 3.45. The lowest BCUT2D eigenvalue weighted by Gasteiger charge is -2.24. The van der Waals surface area contributed by atoms with Crippen LogP contribution in [0.3, 0.4) is 0 Å². The molecule has 0 fully saturated rings. The minimum absolute atomic E-state index is 0.161. The van der Waals surface area contributed by atoms with Crippen LogP contribution in [0.1, 0.15) is 12.8 Å². The monoisotopic (exact) mass is 312 g/mol. The predicted molar refractivity (Wildman–Crippen MR) is 75.5 cm³/mol. The minimum atomic E-state index is -3.39. The summed E-state index contributed by atoms with van der Waals surface area (Å²) >= 11 is 0. The summed E-state index contributed by atoms with van der Waals surface area (Å²) in [6, 6.07) is 0. The normalized spacial score (nSPS) is 20.6. The lowest BCUT2D eigenvalue weighted by molar-refractivity contribution is 0.405. The molecule has 3 heterocycles. The van der Waals surface area contributed by atoms with E-state index >= 15 is 0 Å². The molecule has 0 aliphatic carbocycles. The van der Waals surface area contributed by atoms with E-state index < -0.39 is 7.52 Å². The Labute approximate surface area is 120 Å². The van der Waals surface area contributed by atoms with E-state index in [1.54, 1.807) is 0 Å². The van der Waals surface area contributed by atoms with E-state index in [-0.39, 0.29) is 6.16 Å². The quantitative estimate of drug-likeness (QED) is 0.565. The molecule has 0 radical (unpaired) electrons. The van der Waals surface area contributed by atoms with Gasteiger partial charge < -0.3 is 14.8 Å². The third-order valence-corrected chi connectivity index (χ3v) is 4.40. The molecule has 21 heavy (non-hydrogen) atoms. The average molecular weight is 312 g/mol. The van der Waals surface area contributed by atoms with Crippen LogP contribution in [-0.2, 0) is 11.1 Å². The lowest BCUT2D eigenvalue weighted by Crippen LogP contribution is -2.27. The number of hydrogen-bond donors (Lipinski definition) is 4. The minimum Gasteiger partial charge on any atom is -0.355 e. The van der Waals surface area contributed by atoms with Crippen LogP contribution in [0.4, 0.5) is 5.95 Å². The van der Waals surface area contributed by atoms with Crippen molar-refractivity contribution in [2.45, 2.75) is 19.4 Å². The Balaban J connectivity index is 1.62. The second-order valence-electron chi connectivity index (χ2n) is 5.21. The second kappa shape index (κ2) is 5.55. The zero-order valence-corrected chi connectivity index (χ0v) is 12.2.